The van der Waals surface area contributed by atoms with Crippen molar-refractivity contribution in [3.8, 4) is 0 Å². The molecule has 200 valence electrons. The van der Waals surface area contributed by atoms with Crippen LogP contribution in [0.25, 0.3) is 0 Å². The van der Waals surface area contributed by atoms with Gasteiger partial charge in [-0.15, -0.1) is 11.8 Å². The van der Waals surface area contributed by atoms with E-state index in [4.69, 9.17) is 0 Å². The van der Waals surface area contributed by atoms with E-state index in [1.54, 1.807) is 11.8 Å². The molecule has 38 heavy (non-hydrogen) atoms. The second-order valence-electron chi connectivity index (χ2n) is 10.5. The molecule has 0 aliphatic heterocycles. The summed E-state index contributed by atoms with van der Waals surface area (Å²) in [6.45, 7) is 4.56. The number of carbonyl (C=O) groups excluding carboxylic acids is 2. The molecule has 0 aromatic heterocycles. The molecule has 1 atom stereocenters. The number of hydrogen-bond acceptors (Lipinski definition) is 3. The molecule has 0 spiro atoms. The summed E-state index contributed by atoms with van der Waals surface area (Å²) in [7, 11) is 0. The second kappa shape index (κ2) is 14.2. The van der Waals surface area contributed by atoms with Gasteiger partial charge in [0.1, 0.15) is 6.04 Å². The predicted molar refractivity (Wildman–Crippen MR) is 157 cm³/mol. The van der Waals surface area contributed by atoms with Gasteiger partial charge in [-0.05, 0) is 49.9 Å². The lowest BCUT2D eigenvalue weighted by Crippen LogP contribution is -2.52. The van der Waals surface area contributed by atoms with Crippen molar-refractivity contribution in [1.82, 2.24) is 10.2 Å². The Morgan fingerprint density at radius 2 is 1.58 bits per heavy atom. The molecule has 0 saturated heterocycles. The lowest BCUT2D eigenvalue weighted by atomic mass is 9.94. The minimum absolute atomic E-state index is 0.0193. The number of nitrogens with zero attached hydrogens (tertiary/aromatic N) is 1. The molecule has 0 unspecified atom stereocenters. The van der Waals surface area contributed by atoms with Gasteiger partial charge in [0.25, 0.3) is 0 Å². The molecular formula is C33H40N2O2S. The summed E-state index contributed by atoms with van der Waals surface area (Å²) in [4.78, 5) is 30.7. The molecule has 3 aromatic carbocycles. The highest BCUT2D eigenvalue weighted by molar-refractivity contribution is 7.99. The highest BCUT2D eigenvalue weighted by Crippen LogP contribution is 2.23. The fraction of sp³-hybridized carbons (Fsp3) is 0.394. The van der Waals surface area contributed by atoms with Crippen LogP contribution in [0.5, 0.6) is 0 Å². The van der Waals surface area contributed by atoms with Crippen molar-refractivity contribution in [2.75, 3.05) is 5.75 Å². The third-order valence-corrected chi connectivity index (χ3v) is 8.28. The van der Waals surface area contributed by atoms with Crippen LogP contribution < -0.4 is 5.32 Å². The topological polar surface area (TPSA) is 49.4 Å². The van der Waals surface area contributed by atoms with Gasteiger partial charge in [-0.1, -0.05) is 97.1 Å². The summed E-state index contributed by atoms with van der Waals surface area (Å²) in [6, 6.07) is 26.3. The smallest absolute Gasteiger partial charge is 0.243 e. The zero-order valence-electron chi connectivity index (χ0n) is 22.7. The Balaban J connectivity index is 1.56. The molecule has 1 aliphatic carbocycles. The lowest BCUT2D eigenvalue weighted by molar-refractivity contribution is -0.141. The largest absolute Gasteiger partial charge is 0.352 e. The summed E-state index contributed by atoms with van der Waals surface area (Å²) >= 11 is 1.69. The Labute approximate surface area is 232 Å². The molecule has 0 heterocycles. The fourth-order valence-corrected chi connectivity index (χ4v) is 5.98. The molecule has 0 radical (unpaired) electrons. The highest BCUT2D eigenvalue weighted by Gasteiger charge is 2.31. The van der Waals surface area contributed by atoms with Gasteiger partial charge in [-0.3, -0.25) is 9.59 Å². The molecule has 1 fully saturated rings. The summed E-state index contributed by atoms with van der Waals surface area (Å²) in [6.07, 6.45) is 6.45. The first-order chi connectivity index (χ1) is 18.5. The van der Waals surface area contributed by atoms with Crippen molar-refractivity contribution in [1.29, 1.82) is 0 Å². The summed E-state index contributed by atoms with van der Waals surface area (Å²) in [5, 5.41) is 3.32. The van der Waals surface area contributed by atoms with E-state index in [1.807, 2.05) is 47.4 Å². The van der Waals surface area contributed by atoms with Crippen LogP contribution in [0.3, 0.4) is 0 Å². The van der Waals surface area contributed by atoms with Gasteiger partial charge >= 0.3 is 0 Å². The standard InChI is InChI=1S/C33H40N2O2S/c1-25-16-18-30(19-17-25)38-21-20-32(36)35(24-28-13-9-10-26(2)22-28)31(23-27-11-5-3-6-12-27)33(37)34-29-14-7-4-8-15-29/h3,5-6,9-13,16-19,22,29,31H,4,7-8,14-15,20-21,23-24H2,1-2H3,(H,34,37)/t31-/m1/s1. The van der Waals surface area contributed by atoms with Crippen LogP contribution in [-0.2, 0) is 22.6 Å². The highest BCUT2D eigenvalue weighted by atomic mass is 32.2. The first kappa shape index (κ1) is 28.0. The van der Waals surface area contributed by atoms with Crippen LogP contribution in [-0.4, -0.2) is 34.6 Å². The van der Waals surface area contributed by atoms with Crippen LogP contribution in [0.1, 0.15) is 60.8 Å². The monoisotopic (exact) mass is 528 g/mol. The molecule has 1 saturated carbocycles. The van der Waals surface area contributed by atoms with Crippen LogP contribution in [0, 0.1) is 13.8 Å². The van der Waals surface area contributed by atoms with Gasteiger partial charge in [0.05, 0.1) is 0 Å². The van der Waals surface area contributed by atoms with E-state index in [1.165, 1.54) is 12.0 Å². The van der Waals surface area contributed by atoms with Crippen molar-refractivity contribution in [3.05, 3.63) is 101 Å². The fourth-order valence-electron chi connectivity index (χ4n) is 5.14. The lowest BCUT2D eigenvalue weighted by Gasteiger charge is -2.33. The van der Waals surface area contributed by atoms with E-state index in [2.05, 4.69) is 55.6 Å². The maximum atomic E-state index is 13.8. The van der Waals surface area contributed by atoms with Gasteiger partial charge in [0.15, 0.2) is 0 Å². The van der Waals surface area contributed by atoms with Gasteiger partial charge < -0.3 is 10.2 Å². The number of rotatable bonds is 11. The Hall–Kier alpha value is -3.05. The van der Waals surface area contributed by atoms with Crippen molar-refractivity contribution < 1.29 is 9.59 Å². The second-order valence-corrected chi connectivity index (χ2v) is 11.6. The Morgan fingerprint density at radius 3 is 2.29 bits per heavy atom. The number of carbonyl (C=O) groups is 2. The van der Waals surface area contributed by atoms with E-state index in [-0.39, 0.29) is 17.9 Å². The molecule has 3 aromatic rings. The first-order valence-electron chi connectivity index (χ1n) is 13.9. The number of benzene rings is 3. The Bertz CT molecular complexity index is 1170. The van der Waals surface area contributed by atoms with Crippen molar-refractivity contribution >= 4 is 23.6 Å². The zero-order chi connectivity index (χ0) is 26.7. The van der Waals surface area contributed by atoms with Gasteiger partial charge in [-0.2, -0.15) is 0 Å². The normalized spacial score (nSPS) is 14.6. The van der Waals surface area contributed by atoms with Crippen molar-refractivity contribution in [2.24, 2.45) is 0 Å². The number of thioether (sulfide) groups is 1. The molecule has 1 aliphatic rings. The van der Waals surface area contributed by atoms with Crippen LogP contribution >= 0.6 is 11.8 Å². The maximum Gasteiger partial charge on any atom is 0.243 e. The van der Waals surface area contributed by atoms with E-state index >= 15 is 0 Å². The van der Waals surface area contributed by atoms with Crippen molar-refractivity contribution in [2.45, 2.75) is 82.3 Å². The summed E-state index contributed by atoms with van der Waals surface area (Å²) in [5.74, 6) is 0.660. The third-order valence-electron chi connectivity index (χ3n) is 7.26. The Kier molecular flexibility index (Phi) is 10.5. The average molecular weight is 529 g/mol. The van der Waals surface area contributed by atoms with Gasteiger partial charge in [0.2, 0.25) is 11.8 Å². The maximum absolute atomic E-state index is 13.8. The number of amides is 2. The van der Waals surface area contributed by atoms with Gasteiger partial charge in [-0.25, -0.2) is 0 Å². The molecular weight excluding hydrogens is 488 g/mol. The third kappa shape index (κ3) is 8.49. The molecule has 4 nitrogen and oxygen atoms in total. The van der Waals surface area contributed by atoms with E-state index in [0.717, 1.165) is 47.3 Å². The minimum atomic E-state index is -0.559. The predicted octanol–water partition coefficient (Wildman–Crippen LogP) is 6.87. The van der Waals surface area contributed by atoms with E-state index < -0.39 is 6.04 Å². The molecule has 2 amide bonds. The first-order valence-corrected chi connectivity index (χ1v) is 14.9. The van der Waals surface area contributed by atoms with Crippen LogP contribution in [0.2, 0.25) is 0 Å². The van der Waals surface area contributed by atoms with E-state index in [9.17, 15) is 9.59 Å². The summed E-state index contributed by atoms with van der Waals surface area (Å²) in [5.41, 5.74) is 4.49. The minimum Gasteiger partial charge on any atom is -0.352 e. The zero-order valence-corrected chi connectivity index (χ0v) is 23.5. The number of nitrogens with one attached hydrogen (secondary N) is 1. The number of aryl methyl sites for hydroxylation is 2. The quantitative estimate of drug-likeness (QED) is 0.276. The van der Waals surface area contributed by atoms with Crippen LogP contribution in [0.15, 0.2) is 83.8 Å². The summed E-state index contributed by atoms with van der Waals surface area (Å²) < 4.78 is 0. The van der Waals surface area contributed by atoms with Crippen LogP contribution in [0.4, 0.5) is 0 Å². The SMILES string of the molecule is Cc1ccc(SCCC(=O)N(Cc2cccc(C)c2)[C@H](Cc2ccccc2)C(=O)NC2CCCCC2)cc1. The average Bonchev–Trinajstić information content (AvgIpc) is 2.93. The Morgan fingerprint density at radius 1 is 0.868 bits per heavy atom. The molecule has 5 heteroatoms. The molecule has 0 bridgehead atoms. The van der Waals surface area contributed by atoms with E-state index in [0.29, 0.717) is 25.1 Å². The number of hydrogen-bond donors (Lipinski definition) is 1. The molecule has 1 N–H and O–H groups in total. The molecule has 4 rings (SSSR count). The van der Waals surface area contributed by atoms with Crippen molar-refractivity contribution in [3.63, 3.8) is 0 Å². The van der Waals surface area contributed by atoms with Gasteiger partial charge in [0, 0.05) is 36.1 Å².